The molecule has 4 rings (SSSR count). The van der Waals surface area contributed by atoms with Crippen molar-refractivity contribution >= 4 is 38.6 Å². The molecule has 0 atom stereocenters. The van der Waals surface area contributed by atoms with Crippen LogP contribution in [0.4, 0.5) is 4.39 Å². The topological polar surface area (TPSA) is 91.0 Å². The largest absolute Gasteiger partial charge is 0.293 e. The van der Waals surface area contributed by atoms with E-state index >= 15 is 0 Å². The second kappa shape index (κ2) is 9.05. The number of ketones is 1. The fourth-order valence-corrected chi connectivity index (χ4v) is 5.06. The Balaban J connectivity index is 1.63. The van der Waals surface area contributed by atoms with Gasteiger partial charge in [-0.3, -0.25) is 18.7 Å². The molecule has 0 saturated carbocycles. The van der Waals surface area contributed by atoms with E-state index in [1.165, 1.54) is 28.2 Å². The molecule has 0 bridgehead atoms. The first-order chi connectivity index (χ1) is 15.6. The van der Waals surface area contributed by atoms with Gasteiger partial charge < -0.3 is 0 Å². The number of aromatic nitrogens is 3. The fraction of sp³-hybridized carbons (Fsp3) is 0.136. The minimum atomic E-state index is -3.68. The minimum absolute atomic E-state index is 0.104. The molecule has 0 aliphatic rings. The highest BCUT2D eigenvalue weighted by atomic mass is 35.5. The molecule has 0 radical (unpaired) electrons. The van der Waals surface area contributed by atoms with E-state index in [4.69, 9.17) is 11.6 Å². The molecule has 4 aromatic rings. The first-order valence-electron chi connectivity index (χ1n) is 9.68. The van der Waals surface area contributed by atoms with E-state index in [0.717, 1.165) is 16.9 Å². The highest BCUT2D eigenvalue weighted by Crippen LogP contribution is 2.24. The van der Waals surface area contributed by atoms with E-state index in [1.54, 1.807) is 42.6 Å². The standard InChI is InChI=1S/C22H17ClFN3O4S2/c1-33(30,31)22-25-14(4-9-18(28)19-10-11-20(23)32-19)13-27(22)16-7-5-15(6-8-16)26-12-2-3-17(24)21(26)29/h2-3,5-8,10-13H,4,9H2,1H3. The van der Waals surface area contributed by atoms with E-state index in [0.29, 0.717) is 26.3 Å². The molecular formula is C22H17ClFN3O4S2. The third-order valence-electron chi connectivity index (χ3n) is 4.82. The summed E-state index contributed by atoms with van der Waals surface area (Å²) in [6.07, 6.45) is 4.46. The Morgan fingerprint density at radius 1 is 1.09 bits per heavy atom. The zero-order valence-corrected chi connectivity index (χ0v) is 19.6. The molecule has 0 aliphatic carbocycles. The zero-order valence-electron chi connectivity index (χ0n) is 17.2. The lowest BCUT2D eigenvalue weighted by atomic mass is 10.1. The number of hydrogen-bond acceptors (Lipinski definition) is 6. The van der Waals surface area contributed by atoms with Crippen LogP contribution in [0.15, 0.2) is 70.9 Å². The summed E-state index contributed by atoms with van der Waals surface area (Å²) in [6.45, 7) is 0. The molecule has 33 heavy (non-hydrogen) atoms. The molecule has 0 N–H and O–H groups in total. The van der Waals surface area contributed by atoms with E-state index < -0.39 is 21.2 Å². The van der Waals surface area contributed by atoms with Crippen molar-refractivity contribution in [2.24, 2.45) is 0 Å². The Morgan fingerprint density at radius 2 is 1.76 bits per heavy atom. The van der Waals surface area contributed by atoms with Crippen molar-refractivity contribution in [1.29, 1.82) is 0 Å². The quantitative estimate of drug-likeness (QED) is 0.353. The van der Waals surface area contributed by atoms with Crippen LogP contribution < -0.4 is 5.56 Å². The van der Waals surface area contributed by atoms with Gasteiger partial charge in [0, 0.05) is 36.4 Å². The van der Waals surface area contributed by atoms with Crippen LogP contribution in [0.3, 0.4) is 0 Å². The molecule has 0 spiro atoms. The van der Waals surface area contributed by atoms with Crippen molar-refractivity contribution in [3.8, 4) is 11.4 Å². The summed E-state index contributed by atoms with van der Waals surface area (Å²) in [5.74, 6) is -0.980. The Kier molecular flexibility index (Phi) is 6.33. The second-order valence-corrected chi connectivity index (χ2v) is 10.9. The van der Waals surface area contributed by atoms with Crippen molar-refractivity contribution in [3.63, 3.8) is 0 Å². The van der Waals surface area contributed by atoms with Gasteiger partial charge in [-0.05, 0) is 55.0 Å². The highest BCUT2D eigenvalue weighted by Gasteiger charge is 2.20. The van der Waals surface area contributed by atoms with E-state index in [1.807, 2.05) is 0 Å². The zero-order chi connectivity index (χ0) is 23.8. The number of carbonyl (C=O) groups is 1. The number of hydrogen-bond donors (Lipinski definition) is 0. The summed E-state index contributed by atoms with van der Waals surface area (Å²) in [5, 5.41) is -0.167. The lowest BCUT2D eigenvalue weighted by Crippen LogP contribution is -2.20. The maximum Gasteiger partial charge on any atom is 0.291 e. The van der Waals surface area contributed by atoms with Gasteiger partial charge in [0.25, 0.3) is 5.56 Å². The molecule has 7 nitrogen and oxygen atoms in total. The molecule has 0 aliphatic heterocycles. The molecule has 0 amide bonds. The summed E-state index contributed by atoms with van der Waals surface area (Å²) >= 11 is 7.07. The molecule has 0 unspecified atom stereocenters. The second-order valence-electron chi connectivity index (χ2n) is 7.23. The Hall–Kier alpha value is -3.08. The smallest absolute Gasteiger partial charge is 0.291 e. The van der Waals surface area contributed by atoms with Crippen LogP contribution in [0.25, 0.3) is 11.4 Å². The fourth-order valence-electron chi connectivity index (χ4n) is 3.25. The van der Waals surface area contributed by atoms with Crippen LogP contribution in [0.1, 0.15) is 21.8 Å². The number of Topliss-reactive ketones (excluding diaryl/α,β-unsaturated/α-hetero) is 1. The summed E-state index contributed by atoms with van der Waals surface area (Å²) in [5.41, 5.74) is 0.559. The molecule has 170 valence electrons. The van der Waals surface area contributed by atoms with Crippen molar-refractivity contribution in [2.75, 3.05) is 6.26 Å². The van der Waals surface area contributed by atoms with E-state index in [-0.39, 0.29) is 23.8 Å². The number of rotatable bonds is 7. The third kappa shape index (κ3) is 4.97. The predicted molar refractivity (Wildman–Crippen MR) is 124 cm³/mol. The van der Waals surface area contributed by atoms with E-state index in [2.05, 4.69) is 4.98 Å². The summed E-state index contributed by atoms with van der Waals surface area (Å²) in [7, 11) is -3.68. The van der Waals surface area contributed by atoms with Crippen molar-refractivity contribution in [2.45, 2.75) is 18.0 Å². The molecule has 11 heteroatoms. The van der Waals surface area contributed by atoms with Gasteiger partial charge in [-0.1, -0.05) is 11.6 Å². The number of imidazole rings is 1. The Bertz CT molecular complexity index is 1510. The lowest BCUT2D eigenvalue weighted by molar-refractivity contribution is 0.0986. The maximum atomic E-state index is 13.6. The molecule has 3 aromatic heterocycles. The monoisotopic (exact) mass is 505 g/mol. The normalized spacial score (nSPS) is 11.6. The van der Waals surface area contributed by atoms with Gasteiger partial charge in [-0.2, -0.15) is 0 Å². The average Bonchev–Trinajstić information content (AvgIpc) is 3.41. The van der Waals surface area contributed by atoms with Crippen LogP contribution in [0.5, 0.6) is 0 Å². The van der Waals surface area contributed by atoms with Gasteiger partial charge in [0.1, 0.15) is 0 Å². The lowest BCUT2D eigenvalue weighted by Gasteiger charge is -2.09. The number of benzene rings is 1. The first-order valence-corrected chi connectivity index (χ1v) is 12.8. The third-order valence-corrected chi connectivity index (χ3v) is 7.04. The molecule has 0 saturated heterocycles. The average molecular weight is 506 g/mol. The number of nitrogens with zero attached hydrogens (tertiary/aromatic N) is 3. The number of halogens is 2. The van der Waals surface area contributed by atoms with Gasteiger partial charge in [0.15, 0.2) is 11.6 Å². The molecule has 0 fully saturated rings. The highest BCUT2D eigenvalue weighted by molar-refractivity contribution is 7.90. The van der Waals surface area contributed by atoms with Gasteiger partial charge in [0.05, 0.1) is 14.9 Å². The van der Waals surface area contributed by atoms with Crippen molar-refractivity contribution in [3.05, 3.63) is 92.0 Å². The first kappa shape index (κ1) is 23.1. The SMILES string of the molecule is CS(=O)(=O)c1nc(CCC(=O)c2ccc(Cl)s2)cn1-c1ccc(-n2cccc(F)c2=O)cc1. The summed E-state index contributed by atoms with van der Waals surface area (Å²) in [6, 6.07) is 12.2. The van der Waals surface area contributed by atoms with E-state index in [9.17, 15) is 22.4 Å². The number of carbonyl (C=O) groups excluding carboxylic acids is 1. The van der Waals surface area contributed by atoms with Crippen LogP contribution in [-0.4, -0.2) is 34.6 Å². The van der Waals surface area contributed by atoms with Gasteiger partial charge >= 0.3 is 0 Å². The molecule has 3 heterocycles. The van der Waals surface area contributed by atoms with Gasteiger partial charge in [0.2, 0.25) is 15.0 Å². The van der Waals surface area contributed by atoms with Crippen LogP contribution in [-0.2, 0) is 16.3 Å². The van der Waals surface area contributed by atoms with Crippen LogP contribution >= 0.6 is 22.9 Å². The number of pyridine rings is 1. The van der Waals surface area contributed by atoms with Crippen LogP contribution in [0.2, 0.25) is 4.34 Å². The summed E-state index contributed by atoms with van der Waals surface area (Å²) < 4.78 is 41.3. The predicted octanol–water partition coefficient (Wildman–Crippen LogP) is 4.10. The van der Waals surface area contributed by atoms with Crippen LogP contribution in [0, 0.1) is 5.82 Å². The molecule has 1 aromatic carbocycles. The molecular weight excluding hydrogens is 489 g/mol. The maximum absolute atomic E-state index is 13.6. The Morgan fingerprint density at radius 3 is 2.36 bits per heavy atom. The number of aryl methyl sites for hydroxylation is 1. The summed E-state index contributed by atoms with van der Waals surface area (Å²) in [4.78, 5) is 29.1. The van der Waals surface area contributed by atoms with Crippen molar-refractivity contribution in [1.82, 2.24) is 14.1 Å². The number of thiophene rings is 1. The Labute approximate surface area is 197 Å². The minimum Gasteiger partial charge on any atom is -0.293 e. The van der Waals surface area contributed by atoms with Gasteiger partial charge in [-0.25, -0.2) is 17.8 Å². The number of sulfone groups is 1. The van der Waals surface area contributed by atoms with Crippen molar-refractivity contribution < 1.29 is 17.6 Å². The van der Waals surface area contributed by atoms with Gasteiger partial charge in [-0.15, -0.1) is 11.3 Å².